The number of carbonyl (C=O) groups is 1. The molecular weight excluding hydrogens is 334 g/mol. The van der Waals surface area contributed by atoms with Crippen LogP contribution in [0.1, 0.15) is 5.89 Å². The maximum absolute atomic E-state index is 11.9. The summed E-state index contributed by atoms with van der Waals surface area (Å²) in [6.45, 7) is 0.282. The molecule has 0 radical (unpaired) electrons. The first-order valence-corrected chi connectivity index (χ1v) is 8.17. The van der Waals surface area contributed by atoms with Crippen LogP contribution in [0.15, 0.2) is 59.1 Å². The zero-order chi connectivity index (χ0) is 18.2. The quantitative estimate of drug-likeness (QED) is 0.669. The Bertz CT molecular complexity index is 849. The largest absolute Gasteiger partial charge is 0.493 e. The Morgan fingerprint density at radius 2 is 1.81 bits per heavy atom. The summed E-state index contributed by atoms with van der Waals surface area (Å²) in [7, 11) is 1.55. The van der Waals surface area contributed by atoms with E-state index in [9.17, 15) is 4.79 Å². The van der Waals surface area contributed by atoms with E-state index in [0.29, 0.717) is 36.2 Å². The van der Waals surface area contributed by atoms with Gasteiger partial charge in [0.25, 0.3) is 5.91 Å². The van der Waals surface area contributed by atoms with Crippen molar-refractivity contribution >= 4 is 5.91 Å². The van der Waals surface area contributed by atoms with Crippen LogP contribution in [0.3, 0.4) is 0 Å². The molecule has 0 fully saturated rings. The number of hydrogen-bond acceptors (Lipinski definition) is 6. The summed E-state index contributed by atoms with van der Waals surface area (Å²) in [5.41, 5.74) is 0.886. The van der Waals surface area contributed by atoms with Crippen LogP contribution >= 0.6 is 0 Å². The highest BCUT2D eigenvalue weighted by Gasteiger charge is 2.10. The van der Waals surface area contributed by atoms with E-state index >= 15 is 0 Å². The van der Waals surface area contributed by atoms with E-state index in [1.165, 1.54) is 0 Å². The van der Waals surface area contributed by atoms with Crippen LogP contribution in [-0.2, 0) is 11.2 Å². The van der Waals surface area contributed by atoms with Gasteiger partial charge in [-0.2, -0.15) is 4.98 Å². The third kappa shape index (κ3) is 4.60. The van der Waals surface area contributed by atoms with Crippen molar-refractivity contribution in [1.82, 2.24) is 15.5 Å². The van der Waals surface area contributed by atoms with Crippen LogP contribution in [0, 0.1) is 0 Å². The summed E-state index contributed by atoms with van der Waals surface area (Å²) in [5, 5.41) is 6.70. The molecule has 134 valence electrons. The lowest BCUT2D eigenvalue weighted by atomic mass is 10.2. The lowest BCUT2D eigenvalue weighted by Gasteiger charge is -2.10. The normalized spacial score (nSPS) is 10.3. The Morgan fingerprint density at radius 1 is 1.08 bits per heavy atom. The van der Waals surface area contributed by atoms with Crippen molar-refractivity contribution in [3.05, 3.63) is 60.5 Å². The second kappa shape index (κ2) is 8.66. The second-order valence-corrected chi connectivity index (χ2v) is 5.42. The molecule has 1 aromatic heterocycles. The van der Waals surface area contributed by atoms with Crippen LogP contribution in [0.2, 0.25) is 0 Å². The summed E-state index contributed by atoms with van der Waals surface area (Å²) in [6.07, 6.45) is 0.445. The van der Waals surface area contributed by atoms with Crippen molar-refractivity contribution in [3.63, 3.8) is 0 Å². The molecule has 0 aliphatic carbocycles. The van der Waals surface area contributed by atoms with Crippen molar-refractivity contribution in [1.29, 1.82) is 0 Å². The van der Waals surface area contributed by atoms with Crippen molar-refractivity contribution in [2.75, 3.05) is 20.3 Å². The highest BCUT2D eigenvalue weighted by Crippen LogP contribution is 2.25. The highest BCUT2D eigenvalue weighted by molar-refractivity contribution is 5.77. The summed E-state index contributed by atoms with van der Waals surface area (Å²) >= 11 is 0. The van der Waals surface area contributed by atoms with E-state index < -0.39 is 0 Å². The number of amides is 1. The molecule has 0 unspecified atom stereocenters. The second-order valence-electron chi connectivity index (χ2n) is 5.42. The molecule has 1 amide bonds. The Hall–Kier alpha value is -3.35. The minimum absolute atomic E-state index is 0.0977. The Labute approximate surface area is 150 Å². The smallest absolute Gasteiger partial charge is 0.257 e. The van der Waals surface area contributed by atoms with Crippen molar-refractivity contribution in [3.8, 4) is 22.9 Å². The number of methoxy groups -OCH3 is 1. The monoisotopic (exact) mass is 353 g/mol. The molecular formula is C19H19N3O4. The molecule has 3 aromatic rings. The molecule has 1 heterocycles. The van der Waals surface area contributed by atoms with Crippen LogP contribution in [-0.4, -0.2) is 36.3 Å². The maximum atomic E-state index is 11.9. The number of ether oxygens (including phenoxy) is 2. The number of benzene rings is 2. The molecule has 26 heavy (non-hydrogen) atoms. The predicted octanol–water partition coefficient (Wildman–Crippen LogP) is 2.48. The van der Waals surface area contributed by atoms with E-state index in [0.717, 1.165) is 5.56 Å². The van der Waals surface area contributed by atoms with E-state index in [2.05, 4.69) is 15.5 Å². The molecule has 0 aliphatic rings. The van der Waals surface area contributed by atoms with Gasteiger partial charge in [-0.25, -0.2) is 0 Å². The number of aromatic nitrogens is 2. The van der Waals surface area contributed by atoms with Gasteiger partial charge in [0.15, 0.2) is 18.1 Å². The molecule has 0 bridgehead atoms. The molecule has 3 rings (SSSR count). The molecule has 0 spiro atoms. The van der Waals surface area contributed by atoms with Gasteiger partial charge in [-0.3, -0.25) is 4.79 Å². The van der Waals surface area contributed by atoms with E-state index in [-0.39, 0.29) is 12.5 Å². The summed E-state index contributed by atoms with van der Waals surface area (Å²) in [5.74, 6) is 1.87. The first kappa shape index (κ1) is 17.5. The van der Waals surface area contributed by atoms with Gasteiger partial charge in [0.1, 0.15) is 0 Å². The molecule has 0 aliphatic heterocycles. The lowest BCUT2D eigenvalue weighted by Crippen LogP contribution is -2.30. The first-order valence-electron chi connectivity index (χ1n) is 8.17. The molecule has 0 saturated heterocycles. The van der Waals surface area contributed by atoms with Crippen molar-refractivity contribution in [2.45, 2.75) is 6.42 Å². The number of hydrogen-bond donors (Lipinski definition) is 1. The van der Waals surface area contributed by atoms with Crippen LogP contribution in [0.4, 0.5) is 0 Å². The third-order valence-corrected chi connectivity index (χ3v) is 3.59. The summed E-state index contributed by atoms with van der Waals surface area (Å²) < 4.78 is 15.8. The Balaban J connectivity index is 1.43. The average Bonchev–Trinajstić information content (AvgIpc) is 3.16. The molecule has 2 aromatic carbocycles. The Morgan fingerprint density at radius 3 is 2.58 bits per heavy atom. The standard InChI is InChI=1S/C19H19N3O4/c1-24-15-9-5-6-10-16(15)25-13-17(23)20-12-11-18-21-19(22-26-18)14-7-3-2-4-8-14/h2-10H,11-13H2,1H3,(H,20,23). The zero-order valence-electron chi connectivity index (χ0n) is 14.3. The fourth-order valence-electron chi connectivity index (χ4n) is 2.30. The number of nitrogens with one attached hydrogen (secondary N) is 1. The van der Waals surface area contributed by atoms with Gasteiger partial charge in [-0.1, -0.05) is 47.6 Å². The number of carbonyl (C=O) groups excluding carboxylic acids is 1. The number of nitrogens with zero attached hydrogens (tertiary/aromatic N) is 2. The number of rotatable bonds is 8. The van der Waals surface area contributed by atoms with Gasteiger partial charge in [-0.15, -0.1) is 0 Å². The predicted molar refractivity (Wildman–Crippen MR) is 94.9 cm³/mol. The topological polar surface area (TPSA) is 86.5 Å². The SMILES string of the molecule is COc1ccccc1OCC(=O)NCCc1nc(-c2ccccc2)no1. The van der Waals surface area contributed by atoms with Crippen LogP contribution in [0.5, 0.6) is 11.5 Å². The van der Waals surface area contributed by atoms with Crippen molar-refractivity contribution < 1.29 is 18.8 Å². The number of para-hydroxylation sites is 2. The van der Waals surface area contributed by atoms with Crippen LogP contribution < -0.4 is 14.8 Å². The van der Waals surface area contributed by atoms with Gasteiger partial charge in [0.2, 0.25) is 11.7 Å². The van der Waals surface area contributed by atoms with Crippen molar-refractivity contribution in [2.24, 2.45) is 0 Å². The fourth-order valence-corrected chi connectivity index (χ4v) is 2.30. The van der Waals surface area contributed by atoms with Gasteiger partial charge in [-0.05, 0) is 12.1 Å². The molecule has 7 heteroatoms. The molecule has 7 nitrogen and oxygen atoms in total. The zero-order valence-corrected chi connectivity index (χ0v) is 14.3. The minimum Gasteiger partial charge on any atom is -0.493 e. The van der Waals surface area contributed by atoms with E-state index in [1.807, 2.05) is 42.5 Å². The van der Waals surface area contributed by atoms with Crippen LogP contribution in [0.25, 0.3) is 11.4 Å². The lowest BCUT2D eigenvalue weighted by molar-refractivity contribution is -0.123. The van der Waals surface area contributed by atoms with E-state index in [4.69, 9.17) is 14.0 Å². The first-order chi connectivity index (χ1) is 12.8. The molecule has 0 saturated carbocycles. The van der Waals surface area contributed by atoms with Gasteiger partial charge >= 0.3 is 0 Å². The summed E-state index contributed by atoms with van der Waals surface area (Å²) in [6, 6.07) is 16.7. The Kier molecular flexibility index (Phi) is 5.82. The van der Waals surface area contributed by atoms with Gasteiger partial charge < -0.3 is 19.3 Å². The minimum atomic E-state index is -0.237. The fraction of sp³-hybridized carbons (Fsp3) is 0.211. The molecule has 0 atom stereocenters. The van der Waals surface area contributed by atoms with Gasteiger partial charge in [0, 0.05) is 18.5 Å². The highest BCUT2D eigenvalue weighted by atomic mass is 16.5. The maximum Gasteiger partial charge on any atom is 0.257 e. The van der Waals surface area contributed by atoms with E-state index in [1.54, 1.807) is 19.2 Å². The average molecular weight is 353 g/mol. The summed E-state index contributed by atoms with van der Waals surface area (Å²) in [4.78, 5) is 16.2. The molecule has 1 N–H and O–H groups in total. The third-order valence-electron chi connectivity index (χ3n) is 3.59. The van der Waals surface area contributed by atoms with Gasteiger partial charge in [0.05, 0.1) is 7.11 Å².